The molecule has 6 unspecified atom stereocenters. The number of alkyl halides is 2. The molecule has 3 fully saturated rings. The highest BCUT2D eigenvalue weighted by Gasteiger charge is 2.58. The van der Waals surface area contributed by atoms with E-state index in [0.717, 1.165) is 12.8 Å². The molecule has 1 saturated heterocycles. The van der Waals surface area contributed by atoms with Gasteiger partial charge in [0.25, 0.3) is 0 Å². The fourth-order valence-corrected chi connectivity index (χ4v) is 6.73. The maximum atomic E-state index is 15.9. The predicted octanol–water partition coefficient (Wildman–Crippen LogP) is 2.53. The molecule has 10 heteroatoms. The molecule has 2 aliphatic carbocycles. The van der Waals surface area contributed by atoms with E-state index in [0.29, 0.717) is 30.8 Å². The molecule has 4 aliphatic rings. The Labute approximate surface area is 207 Å². The largest absolute Gasteiger partial charge is 0.478 e. The van der Waals surface area contributed by atoms with E-state index >= 15 is 4.39 Å². The van der Waals surface area contributed by atoms with Crippen molar-refractivity contribution in [1.82, 2.24) is 4.90 Å². The molecule has 0 radical (unpaired) electrons. The van der Waals surface area contributed by atoms with Crippen LogP contribution in [0.25, 0.3) is 0 Å². The van der Waals surface area contributed by atoms with Crippen LogP contribution in [-0.2, 0) is 16.2 Å². The number of ketones is 1. The number of hydrogen-bond donors (Lipinski definition) is 3. The van der Waals surface area contributed by atoms with Gasteiger partial charge in [0.15, 0.2) is 5.78 Å². The predicted molar refractivity (Wildman–Crippen MR) is 126 cm³/mol. The molecule has 4 N–H and O–H groups in total. The minimum Gasteiger partial charge on any atom is -0.478 e. The lowest BCUT2D eigenvalue weighted by Gasteiger charge is -2.53. The number of nitrogens with two attached hydrogens (primary N) is 1. The van der Waals surface area contributed by atoms with Gasteiger partial charge in [-0.2, -0.15) is 0 Å². The van der Waals surface area contributed by atoms with Crippen LogP contribution in [0.3, 0.4) is 0 Å². The van der Waals surface area contributed by atoms with Gasteiger partial charge in [0.05, 0.1) is 30.0 Å². The van der Waals surface area contributed by atoms with Crippen molar-refractivity contribution in [3.05, 3.63) is 40.8 Å². The number of halogens is 3. The highest BCUT2D eigenvalue weighted by molar-refractivity contribution is 6.24. The Morgan fingerprint density at radius 2 is 1.97 bits per heavy atom. The maximum Gasteiger partial charge on any atom is 0.340 e. The van der Waals surface area contributed by atoms with E-state index in [1.807, 2.05) is 4.90 Å². The number of aliphatic hydroxyl groups is 1. The standard InChI is InChI=1S/C25H30ClF2N3O4/c1-11-19-22(20(26)23(21(11)28)30-5-4-14(29)8-30)31(9-16(24(19)33)25(34)35)18-7-15(12-2-3-12)17(27)6-13(18)10-32/h6-7,9,11-12,14,19-23,32H,2-5,8,10,29H2,1H3,(H,34,35)/t11?,14?,19?,20?,21-,22?,23?/m0/s1. The van der Waals surface area contributed by atoms with Crippen LogP contribution in [0.1, 0.15) is 43.2 Å². The van der Waals surface area contributed by atoms with Crippen LogP contribution in [-0.4, -0.2) is 69.6 Å². The summed E-state index contributed by atoms with van der Waals surface area (Å²) in [5, 5.41) is 18.9. The fraction of sp³-hybridized carbons (Fsp3) is 0.600. The molecule has 0 aromatic heterocycles. The average molecular weight is 510 g/mol. The summed E-state index contributed by atoms with van der Waals surface area (Å²) >= 11 is 6.99. The van der Waals surface area contributed by atoms with Gasteiger partial charge in [-0.1, -0.05) is 6.92 Å². The summed E-state index contributed by atoms with van der Waals surface area (Å²) in [6, 6.07) is 1.28. The highest BCUT2D eigenvalue weighted by Crippen LogP contribution is 2.48. The Morgan fingerprint density at radius 3 is 2.54 bits per heavy atom. The Bertz CT molecular complexity index is 1080. The van der Waals surface area contributed by atoms with E-state index in [1.165, 1.54) is 12.3 Å². The van der Waals surface area contributed by atoms with Crippen LogP contribution in [0.2, 0.25) is 0 Å². The molecule has 0 bridgehead atoms. The van der Waals surface area contributed by atoms with Crippen molar-refractivity contribution in [2.45, 2.75) is 68.4 Å². The first kappa shape index (κ1) is 24.6. The molecule has 1 aromatic carbocycles. The Morgan fingerprint density at radius 1 is 1.26 bits per heavy atom. The van der Waals surface area contributed by atoms with Crippen LogP contribution in [0.5, 0.6) is 0 Å². The monoisotopic (exact) mass is 509 g/mol. The zero-order chi connectivity index (χ0) is 25.2. The maximum absolute atomic E-state index is 15.9. The average Bonchev–Trinajstić information content (AvgIpc) is 3.57. The van der Waals surface area contributed by atoms with Crippen molar-refractivity contribution < 1.29 is 28.6 Å². The van der Waals surface area contributed by atoms with Gasteiger partial charge in [-0.3, -0.25) is 9.69 Å². The number of carboxylic acid groups (broad SMARTS) is 1. The Hall–Kier alpha value is -2.07. The number of nitrogens with zero attached hydrogens (tertiary/aromatic N) is 2. The van der Waals surface area contributed by atoms with E-state index in [1.54, 1.807) is 17.9 Å². The zero-order valence-electron chi connectivity index (χ0n) is 19.4. The molecule has 35 heavy (non-hydrogen) atoms. The van der Waals surface area contributed by atoms with Crippen molar-refractivity contribution in [2.75, 3.05) is 18.0 Å². The van der Waals surface area contributed by atoms with Crippen molar-refractivity contribution in [3.63, 3.8) is 0 Å². The lowest BCUT2D eigenvalue weighted by Crippen LogP contribution is -2.67. The number of carbonyl (C=O) groups excluding carboxylic acids is 1. The van der Waals surface area contributed by atoms with Crippen molar-refractivity contribution >= 4 is 29.0 Å². The molecule has 2 saturated carbocycles. The third kappa shape index (κ3) is 4.06. The van der Waals surface area contributed by atoms with Gasteiger partial charge in [0, 0.05) is 42.5 Å². The number of fused-ring (bicyclic) bond motifs is 1. The molecule has 0 spiro atoms. The summed E-state index contributed by atoms with van der Waals surface area (Å²) in [5.74, 6) is -4.29. The second kappa shape index (κ2) is 9.10. The molecule has 5 rings (SSSR count). The van der Waals surface area contributed by atoms with Crippen LogP contribution >= 0.6 is 11.6 Å². The first-order chi connectivity index (χ1) is 16.6. The van der Waals surface area contributed by atoms with Gasteiger partial charge in [-0.15, -0.1) is 11.6 Å². The van der Waals surface area contributed by atoms with E-state index in [-0.39, 0.29) is 17.5 Å². The quantitative estimate of drug-likeness (QED) is 0.413. The van der Waals surface area contributed by atoms with Crippen LogP contribution in [0, 0.1) is 17.7 Å². The third-order valence-corrected chi connectivity index (χ3v) is 8.66. The van der Waals surface area contributed by atoms with Crippen molar-refractivity contribution in [1.29, 1.82) is 0 Å². The van der Waals surface area contributed by atoms with Gasteiger partial charge in [0.2, 0.25) is 0 Å². The minimum atomic E-state index is -1.46. The first-order valence-electron chi connectivity index (χ1n) is 12.1. The molecule has 2 heterocycles. The normalized spacial score (nSPS) is 35.7. The van der Waals surface area contributed by atoms with E-state index in [9.17, 15) is 24.2 Å². The molecular weight excluding hydrogens is 480 g/mol. The summed E-state index contributed by atoms with van der Waals surface area (Å²) < 4.78 is 30.6. The number of benzene rings is 1. The number of likely N-dealkylation sites (tertiary alicyclic amines) is 1. The SMILES string of the molecule is CC1C2C(=O)C(C(=O)O)=CN(c3cc(C4CC4)c(F)cc3CO)C2C(Cl)C(N2CCC(N)C2)[C@H]1F. The molecular formula is C25H30ClF2N3O4. The van der Waals surface area contributed by atoms with Crippen LogP contribution in [0.4, 0.5) is 14.5 Å². The van der Waals surface area contributed by atoms with Gasteiger partial charge >= 0.3 is 5.97 Å². The number of rotatable bonds is 5. The van der Waals surface area contributed by atoms with Crippen LogP contribution < -0.4 is 10.6 Å². The van der Waals surface area contributed by atoms with Gasteiger partial charge in [0.1, 0.15) is 17.6 Å². The smallest absolute Gasteiger partial charge is 0.340 e. The summed E-state index contributed by atoms with van der Waals surface area (Å²) in [4.78, 5) is 28.8. The summed E-state index contributed by atoms with van der Waals surface area (Å²) in [7, 11) is 0. The van der Waals surface area contributed by atoms with Gasteiger partial charge < -0.3 is 20.8 Å². The third-order valence-electron chi connectivity index (χ3n) is 8.14. The van der Waals surface area contributed by atoms with Gasteiger partial charge in [-0.05, 0) is 42.9 Å². The topological polar surface area (TPSA) is 107 Å². The number of aliphatic hydroxyl groups excluding tert-OH is 1. The summed E-state index contributed by atoms with van der Waals surface area (Å²) in [5.41, 5.74) is 6.72. The van der Waals surface area contributed by atoms with E-state index < -0.39 is 65.2 Å². The minimum absolute atomic E-state index is 0.0535. The van der Waals surface area contributed by atoms with E-state index in [4.69, 9.17) is 17.3 Å². The van der Waals surface area contributed by atoms with Gasteiger partial charge in [-0.25, -0.2) is 13.6 Å². The molecule has 1 aromatic rings. The molecule has 7 nitrogen and oxygen atoms in total. The second-order valence-electron chi connectivity index (χ2n) is 10.4. The first-order valence-corrected chi connectivity index (χ1v) is 12.6. The molecule has 7 atom stereocenters. The fourth-order valence-electron chi connectivity index (χ4n) is 6.16. The second-order valence-corrected chi connectivity index (χ2v) is 10.9. The molecule has 0 amide bonds. The number of carboxylic acids is 1. The summed E-state index contributed by atoms with van der Waals surface area (Å²) in [6.07, 6.45) is 2.15. The zero-order valence-corrected chi connectivity index (χ0v) is 20.2. The Balaban J connectivity index is 1.65. The number of carbonyl (C=O) groups is 2. The lowest BCUT2D eigenvalue weighted by atomic mass is 9.67. The summed E-state index contributed by atoms with van der Waals surface area (Å²) in [6.45, 7) is 2.18. The lowest BCUT2D eigenvalue weighted by molar-refractivity contribution is -0.137. The molecule has 2 aliphatic heterocycles. The number of hydrogen-bond acceptors (Lipinski definition) is 6. The van der Waals surface area contributed by atoms with Crippen molar-refractivity contribution in [2.24, 2.45) is 17.6 Å². The number of Topliss-reactive ketones (excluding diaryl/α,β-unsaturated/α-hetero) is 1. The van der Waals surface area contributed by atoms with E-state index in [2.05, 4.69) is 0 Å². The Kier molecular flexibility index (Phi) is 6.40. The molecule has 190 valence electrons. The number of anilines is 1. The highest BCUT2D eigenvalue weighted by atomic mass is 35.5. The number of aliphatic carboxylic acids is 1. The van der Waals surface area contributed by atoms with Crippen molar-refractivity contribution in [3.8, 4) is 0 Å². The van der Waals surface area contributed by atoms with Crippen LogP contribution in [0.15, 0.2) is 23.9 Å².